The summed E-state index contributed by atoms with van der Waals surface area (Å²) in [6, 6.07) is 3.56. The lowest BCUT2D eigenvalue weighted by Crippen LogP contribution is -2.24. The van der Waals surface area contributed by atoms with Crippen molar-refractivity contribution < 1.29 is 14.3 Å². The average molecular weight is 313 g/mol. The minimum Gasteiger partial charge on any atom is -0.462 e. The zero-order valence-corrected chi connectivity index (χ0v) is 13.3. The second-order valence-electron chi connectivity index (χ2n) is 5.87. The molecule has 1 aliphatic heterocycles. The largest absolute Gasteiger partial charge is 0.462 e. The molecule has 0 aliphatic carbocycles. The van der Waals surface area contributed by atoms with E-state index in [1.807, 2.05) is 10.6 Å². The van der Waals surface area contributed by atoms with Crippen molar-refractivity contribution in [3.63, 3.8) is 0 Å². The molecule has 1 aromatic heterocycles. The number of pyridine rings is 1. The summed E-state index contributed by atoms with van der Waals surface area (Å²) >= 11 is 0. The number of nitrogens with zero attached hydrogens (tertiary/aromatic N) is 1. The molecule has 3 rings (SSSR count). The van der Waals surface area contributed by atoms with Crippen molar-refractivity contribution in [2.75, 3.05) is 6.61 Å². The van der Waals surface area contributed by atoms with Crippen LogP contribution < -0.4 is 5.43 Å². The van der Waals surface area contributed by atoms with Crippen molar-refractivity contribution in [3.05, 3.63) is 45.2 Å². The van der Waals surface area contributed by atoms with Crippen LogP contribution in [0.5, 0.6) is 0 Å². The number of ether oxygens (including phenoxy) is 1. The summed E-state index contributed by atoms with van der Waals surface area (Å²) in [5.74, 6) is -0.480. The molecule has 2 heterocycles. The van der Waals surface area contributed by atoms with E-state index in [-0.39, 0.29) is 23.4 Å². The first-order chi connectivity index (χ1) is 11.0. The lowest BCUT2D eigenvalue weighted by atomic mass is 9.92. The van der Waals surface area contributed by atoms with Crippen molar-refractivity contribution in [1.82, 2.24) is 4.57 Å². The molecule has 0 unspecified atom stereocenters. The monoisotopic (exact) mass is 313 g/mol. The van der Waals surface area contributed by atoms with Gasteiger partial charge in [-0.3, -0.25) is 9.59 Å². The number of aromatic nitrogens is 1. The van der Waals surface area contributed by atoms with Crippen molar-refractivity contribution >= 4 is 22.7 Å². The van der Waals surface area contributed by atoms with Crippen LogP contribution in [-0.2, 0) is 28.9 Å². The molecule has 1 aromatic carbocycles. The first-order valence-corrected chi connectivity index (χ1v) is 7.87. The number of hydrogen-bond acceptors (Lipinski definition) is 4. The van der Waals surface area contributed by atoms with Crippen LogP contribution in [0.3, 0.4) is 0 Å². The number of benzene rings is 1. The number of hydrogen-bond donors (Lipinski definition) is 0. The van der Waals surface area contributed by atoms with Gasteiger partial charge in [0.05, 0.1) is 12.1 Å². The van der Waals surface area contributed by atoms with E-state index in [9.17, 15) is 14.4 Å². The van der Waals surface area contributed by atoms with Crippen LogP contribution in [0.4, 0.5) is 0 Å². The highest BCUT2D eigenvalue weighted by molar-refractivity contribution is 5.95. The normalized spacial score (nSPS) is 13.1. The van der Waals surface area contributed by atoms with Gasteiger partial charge < -0.3 is 9.30 Å². The lowest BCUT2D eigenvalue weighted by Gasteiger charge is -2.23. The molecule has 0 radical (unpaired) electrons. The van der Waals surface area contributed by atoms with Crippen molar-refractivity contribution in [2.45, 2.75) is 39.7 Å². The number of aryl methyl sites for hydroxylation is 2. The summed E-state index contributed by atoms with van der Waals surface area (Å²) in [6.45, 7) is 4.27. The summed E-state index contributed by atoms with van der Waals surface area (Å²) in [4.78, 5) is 36.1. The Hall–Kier alpha value is -2.43. The highest BCUT2D eigenvalue weighted by Crippen LogP contribution is 2.27. The van der Waals surface area contributed by atoms with Crippen LogP contribution >= 0.6 is 0 Å². The third-order valence-corrected chi connectivity index (χ3v) is 4.20. The molecule has 1 aliphatic rings. The number of Topliss-reactive ketones (excluding diaryl/α,β-unsaturated/α-hetero) is 1. The van der Waals surface area contributed by atoms with E-state index in [0.717, 1.165) is 36.0 Å². The molecule has 5 heteroatoms. The molecular formula is C18H19NO4. The van der Waals surface area contributed by atoms with Crippen LogP contribution in [-0.4, -0.2) is 22.9 Å². The molecule has 0 atom stereocenters. The van der Waals surface area contributed by atoms with Crippen LogP contribution in [0.25, 0.3) is 10.9 Å². The van der Waals surface area contributed by atoms with E-state index in [1.165, 1.54) is 0 Å². The smallest absolute Gasteiger partial charge is 0.343 e. The van der Waals surface area contributed by atoms with E-state index in [1.54, 1.807) is 26.1 Å². The van der Waals surface area contributed by atoms with Crippen LogP contribution in [0, 0.1) is 0 Å². The fourth-order valence-electron chi connectivity index (χ4n) is 3.28. The minimum absolute atomic E-state index is 0.0755. The molecule has 5 nitrogen and oxygen atoms in total. The number of esters is 1. The SMILES string of the molecule is CCOC(=O)c1cn2c3c(c(CC(C)=O)ccc3c1=O)CCC2. The van der Waals surface area contributed by atoms with Gasteiger partial charge in [0.25, 0.3) is 0 Å². The Bertz CT molecular complexity index is 863. The Labute approximate surface area is 133 Å². The summed E-state index contributed by atoms with van der Waals surface area (Å²) in [6.07, 6.45) is 3.74. The second kappa shape index (κ2) is 5.99. The fourth-order valence-corrected chi connectivity index (χ4v) is 3.28. The van der Waals surface area contributed by atoms with Crippen LogP contribution in [0.1, 0.15) is 41.8 Å². The zero-order valence-electron chi connectivity index (χ0n) is 13.3. The predicted molar refractivity (Wildman–Crippen MR) is 86.9 cm³/mol. The Morgan fingerprint density at radius 1 is 1.30 bits per heavy atom. The molecule has 0 saturated heterocycles. The molecule has 0 bridgehead atoms. The maximum absolute atomic E-state index is 12.6. The minimum atomic E-state index is -0.580. The van der Waals surface area contributed by atoms with Gasteiger partial charge in [-0.2, -0.15) is 0 Å². The fraction of sp³-hybridized carbons (Fsp3) is 0.389. The Morgan fingerprint density at radius 2 is 2.09 bits per heavy atom. The quantitative estimate of drug-likeness (QED) is 0.812. The van der Waals surface area contributed by atoms with Crippen LogP contribution in [0.2, 0.25) is 0 Å². The van der Waals surface area contributed by atoms with Crippen LogP contribution in [0.15, 0.2) is 23.1 Å². The van der Waals surface area contributed by atoms with Gasteiger partial charge in [0.15, 0.2) is 0 Å². The summed E-state index contributed by atoms with van der Waals surface area (Å²) in [7, 11) is 0. The maximum atomic E-state index is 12.6. The highest BCUT2D eigenvalue weighted by Gasteiger charge is 2.22. The Kier molecular flexibility index (Phi) is 4.03. The molecule has 23 heavy (non-hydrogen) atoms. The molecular weight excluding hydrogens is 294 g/mol. The average Bonchev–Trinajstić information content (AvgIpc) is 2.51. The highest BCUT2D eigenvalue weighted by atomic mass is 16.5. The molecule has 2 aromatic rings. The molecule has 0 spiro atoms. The standard InChI is InChI=1S/C18H19NO4/c1-3-23-18(22)15-10-19-8-4-5-13-12(9-11(2)20)6-7-14(16(13)19)17(15)21/h6-7,10H,3-5,8-9H2,1-2H3. The third kappa shape index (κ3) is 2.67. The van der Waals surface area contributed by atoms with E-state index in [0.29, 0.717) is 11.8 Å². The van der Waals surface area contributed by atoms with Gasteiger partial charge >= 0.3 is 5.97 Å². The van der Waals surface area contributed by atoms with E-state index in [2.05, 4.69) is 0 Å². The van der Waals surface area contributed by atoms with Gasteiger partial charge in [-0.1, -0.05) is 6.07 Å². The topological polar surface area (TPSA) is 65.4 Å². The first-order valence-electron chi connectivity index (χ1n) is 7.87. The molecule has 120 valence electrons. The van der Waals surface area contributed by atoms with Gasteiger partial charge in [-0.15, -0.1) is 0 Å². The Morgan fingerprint density at radius 3 is 2.78 bits per heavy atom. The summed E-state index contributed by atoms with van der Waals surface area (Å²) < 4.78 is 6.93. The van der Waals surface area contributed by atoms with Crippen molar-refractivity contribution in [3.8, 4) is 0 Å². The van der Waals surface area contributed by atoms with Crippen molar-refractivity contribution in [1.29, 1.82) is 0 Å². The van der Waals surface area contributed by atoms with Crippen molar-refractivity contribution in [2.24, 2.45) is 0 Å². The van der Waals surface area contributed by atoms with Gasteiger partial charge in [0, 0.05) is 24.5 Å². The van der Waals surface area contributed by atoms with Gasteiger partial charge in [-0.05, 0) is 43.9 Å². The molecule has 0 amide bonds. The predicted octanol–water partition coefficient (Wildman–Crippen LogP) is 2.26. The van der Waals surface area contributed by atoms with Gasteiger partial charge in [-0.25, -0.2) is 4.79 Å². The van der Waals surface area contributed by atoms with Gasteiger partial charge in [0.2, 0.25) is 5.43 Å². The number of ketones is 1. The van der Waals surface area contributed by atoms with Gasteiger partial charge in [0.1, 0.15) is 11.3 Å². The molecule has 0 saturated carbocycles. The molecule has 0 fully saturated rings. The van der Waals surface area contributed by atoms with E-state index in [4.69, 9.17) is 4.74 Å². The number of rotatable bonds is 4. The summed E-state index contributed by atoms with van der Waals surface area (Å²) in [5.41, 5.74) is 2.66. The van der Waals surface area contributed by atoms with E-state index < -0.39 is 5.97 Å². The zero-order chi connectivity index (χ0) is 16.6. The second-order valence-corrected chi connectivity index (χ2v) is 5.87. The number of carbonyl (C=O) groups is 2. The lowest BCUT2D eigenvalue weighted by molar-refractivity contribution is -0.116. The molecule has 0 N–H and O–H groups in total. The number of carbonyl (C=O) groups excluding carboxylic acids is 2. The maximum Gasteiger partial charge on any atom is 0.343 e. The Balaban J connectivity index is 2.27. The van der Waals surface area contributed by atoms with E-state index >= 15 is 0 Å². The summed E-state index contributed by atoms with van der Waals surface area (Å²) in [5, 5.41) is 0.526. The third-order valence-electron chi connectivity index (χ3n) is 4.20. The first kappa shape index (κ1) is 15.5.